The molecule has 1 aromatic carbocycles. The molecule has 0 bridgehead atoms. The molecule has 1 atom stereocenters. The van der Waals surface area contributed by atoms with Gasteiger partial charge in [-0.3, -0.25) is 4.79 Å². The van der Waals surface area contributed by atoms with Crippen LogP contribution in [0.4, 0.5) is 5.69 Å². The fourth-order valence-corrected chi connectivity index (χ4v) is 2.38. The molecule has 1 amide bonds. The van der Waals surface area contributed by atoms with Gasteiger partial charge in [0.25, 0.3) is 5.91 Å². The average Bonchev–Trinajstić information content (AvgIpc) is 3.18. The van der Waals surface area contributed by atoms with Gasteiger partial charge < -0.3 is 19.8 Å². The molecular weight excluding hydrogens is 270 g/mol. The number of anilines is 1. The summed E-state index contributed by atoms with van der Waals surface area (Å²) in [6.07, 6.45) is 3.46. The molecule has 0 radical (unpaired) electrons. The number of hydrogen-bond donors (Lipinski definition) is 2. The van der Waals surface area contributed by atoms with Crippen molar-refractivity contribution in [3.05, 3.63) is 42.1 Å². The minimum Gasteiger partial charge on any atom is -0.495 e. The molecule has 3 rings (SSSR count). The summed E-state index contributed by atoms with van der Waals surface area (Å²) in [4.78, 5) is 16.5. The summed E-state index contributed by atoms with van der Waals surface area (Å²) >= 11 is 0. The number of nitrogens with one attached hydrogen (secondary N) is 2. The van der Waals surface area contributed by atoms with Crippen LogP contribution < -0.4 is 15.4 Å². The van der Waals surface area contributed by atoms with Crippen molar-refractivity contribution in [2.24, 2.45) is 0 Å². The number of para-hydroxylation sites is 2. The first-order valence-electron chi connectivity index (χ1n) is 6.91. The predicted molar refractivity (Wildman–Crippen MR) is 77.4 cm³/mol. The van der Waals surface area contributed by atoms with E-state index in [4.69, 9.17) is 9.15 Å². The lowest BCUT2D eigenvalue weighted by Crippen LogP contribution is -2.15. The van der Waals surface area contributed by atoms with Crippen LogP contribution in [-0.2, 0) is 0 Å². The summed E-state index contributed by atoms with van der Waals surface area (Å²) in [6, 6.07) is 7.34. The second kappa shape index (κ2) is 5.97. The molecule has 2 heterocycles. The van der Waals surface area contributed by atoms with Crippen LogP contribution >= 0.6 is 0 Å². The number of ether oxygens (including phenoxy) is 1. The number of carbonyl (C=O) groups excluding carboxylic acids is 1. The molecule has 6 nitrogen and oxygen atoms in total. The third-order valence-corrected chi connectivity index (χ3v) is 3.47. The van der Waals surface area contributed by atoms with Crippen molar-refractivity contribution in [1.29, 1.82) is 0 Å². The molecular formula is C15H17N3O3. The molecule has 1 saturated heterocycles. The molecule has 1 aliphatic rings. The van der Waals surface area contributed by atoms with Crippen molar-refractivity contribution in [3.8, 4) is 5.75 Å². The van der Waals surface area contributed by atoms with Crippen LogP contribution in [-0.4, -0.2) is 24.5 Å². The number of carbonyl (C=O) groups is 1. The number of nitrogens with zero attached hydrogens (tertiary/aromatic N) is 1. The highest BCUT2D eigenvalue weighted by Crippen LogP contribution is 2.25. The number of benzene rings is 1. The molecule has 1 fully saturated rings. The average molecular weight is 287 g/mol. The fourth-order valence-electron chi connectivity index (χ4n) is 2.38. The lowest BCUT2D eigenvalue weighted by Gasteiger charge is -2.08. The van der Waals surface area contributed by atoms with Gasteiger partial charge in [0.2, 0.25) is 5.89 Å². The van der Waals surface area contributed by atoms with Gasteiger partial charge in [-0.2, -0.15) is 0 Å². The van der Waals surface area contributed by atoms with E-state index in [2.05, 4.69) is 15.6 Å². The van der Waals surface area contributed by atoms with E-state index < -0.39 is 0 Å². The van der Waals surface area contributed by atoms with Crippen molar-refractivity contribution >= 4 is 11.6 Å². The standard InChI is InChI=1S/C15H17N3O3/c1-20-13-7-3-2-5-10(13)17-14(19)12-9-21-15(18-12)11-6-4-8-16-11/h2-3,5,7,9,11,16H,4,6,8H2,1H3,(H,17,19). The van der Waals surface area contributed by atoms with Crippen LogP contribution in [0.5, 0.6) is 5.75 Å². The number of amides is 1. The Morgan fingerprint density at radius 2 is 2.33 bits per heavy atom. The maximum atomic E-state index is 12.2. The normalized spacial score (nSPS) is 17.7. The first kappa shape index (κ1) is 13.6. The number of rotatable bonds is 4. The zero-order valence-electron chi connectivity index (χ0n) is 11.8. The highest BCUT2D eigenvalue weighted by Gasteiger charge is 2.23. The SMILES string of the molecule is COc1ccccc1NC(=O)c1coc(C2CCCN2)n1. The van der Waals surface area contributed by atoms with Gasteiger partial charge in [0.1, 0.15) is 12.0 Å². The Bertz CT molecular complexity index is 633. The van der Waals surface area contributed by atoms with Gasteiger partial charge in [-0.25, -0.2) is 4.98 Å². The Labute approximate surface area is 122 Å². The third-order valence-electron chi connectivity index (χ3n) is 3.47. The van der Waals surface area contributed by atoms with Gasteiger partial charge in [-0.1, -0.05) is 12.1 Å². The minimum absolute atomic E-state index is 0.109. The molecule has 1 unspecified atom stereocenters. The van der Waals surface area contributed by atoms with E-state index in [1.807, 2.05) is 12.1 Å². The zero-order valence-corrected chi connectivity index (χ0v) is 11.8. The van der Waals surface area contributed by atoms with Crippen molar-refractivity contribution < 1.29 is 13.9 Å². The summed E-state index contributed by atoms with van der Waals surface area (Å²) in [7, 11) is 1.56. The van der Waals surface area contributed by atoms with E-state index in [-0.39, 0.29) is 17.6 Å². The van der Waals surface area contributed by atoms with Crippen molar-refractivity contribution in [1.82, 2.24) is 10.3 Å². The maximum Gasteiger partial charge on any atom is 0.277 e. The van der Waals surface area contributed by atoms with Gasteiger partial charge in [-0.15, -0.1) is 0 Å². The van der Waals surface area contributed by atoms with Crippen LogP contribution in [0.15, 0.2) is 34.9 Å². The monoisotopic (exact) mass is 287 g/mol. The Hall–Kier alpha value is -2.34. The van der Waals surface area contributed by atoms with Gasteiger partial charge in [0.05, 0.1) is 18.8 Å². The molecule has 21 heavy (non-hydrogen) atoms. The molecule has 2 aromatic rings. The molecule has 1 aliphatic heterocycles. The van der Waals surface area contributed by atoms with Crippen molar-refractivity contribution in [2.75, 3.05) is 19.0 Å². The molecule has 110 valence electrons. The fraction of sp³-hybridized carbons (Fsp3) is 0.333. The van der Waals surface area contributed by atoms with Crippen LogP contribution in [0.1, 0.15) is 35.3 Å². The summed E-state index contributed by atoms with van der Waals surface area (Å²) in [5, 5.41) is 6.06. The largest absolute Gasteiger partial charge is 0.495 e. The second-order valence-electron chi connectivity index (χ2n) is 4.87. The smallest absolute Gasteiger partial charge is 0.277 e. The van der Waals surface area contributed by atoms with Crippen LogP contribution in [0, 0.1) is 0 Å². The highest BCUT2D eigenvalue weighted by atomic mass is 16.5. The minimum atomic E-state index is -0.313. The first-order chi connectivity index (χ1) is 10.3. The van der Waals surface area contributed by atoms with Gasteiger partial charge >= 0.3 is 0 Å². The Morgan fingerprint density at radius 1 is 1.48 bits per heavy atom. The summed E-state index contributed by atoms with van der Waals surface area (Å²) in [5.74, 6) is 0.859. The molecule has 0 saturated carbocycles. The quantitative estimate of drug-likeness (QED) is 0.902. The highest BCUT2D eigenvalue weighted by molar-refractivity contribution is 6.03. The maximum absolute atomic E-state index is 12.2. The molecule has 1 aromatic heterocycles. The van der Waals surface area contributed by atoms with Crippen LogP contribution in [0.3, 0.4) is 0 Å². The van der Waals surface area contributed by atoms with Crippen molar-refractivity contribution in [2.45, 2.75) is 18.9 Å². The van der Waals surface area contributed by atoms with Gasteiger partial charge in [-0.05, 0) is 31.5 Å². The summed E-state index contributed by atoms with van der Waals surface area (Å²) in [6.45, 7) is 0.954. The van der Waals surface area contributed by atoms with E-state index >= 15 is 0 Å². The number of hydrogen-bond acceptors (Lipinski definition) is 5. The predicted octanol–water partition coefficient (Wildman–Crippen LogP) is 2.36. The molecule has 0 aliphatic carbocycles. The van der Waals surface area contributed by atoms with E-state index in [9.17, 15) is 4.79 Å². The third kappa shape index (κ3) is 2.90. The first-order valence-corrected chi connectivity index (χ1v) is 6.91. The number of oxazole rings is 1. The van der Waals surface area contributed by atoms with Crippen molar-refractivity contribution in [3.63, 3.8) is 0 Å². The van der Waals surface area contributed by atoms with E-state index in [0.717, 1.165) is 19.4 Å². The Morgan fingerprint density at radius 3 is 3.10 bits per heavy atom. The number of aromatic nitrogens is 1. The molecule has 0 spiro atoms. The van der Waals surface area contributed by atoms with Gasteiger partial charge in [0, 0.05) is 0 Å². The molecule has 6 heteroatoms. The second-order valence-corrected chi connectivity index (χ2v) is 4.87. The Balaban J connectivity index is 1.73. The lowest BCUT2D eigenvalue weighted by molar-refractivity contribution is 0.102. The molecule has 2 N–H and O–H groups in total. The van der Waals surface area contributed by atoms with E-state index in [1.54, 1.807) is 19.2 Å². The number of methoxy groups -OCH3 is 1. The summed E-state index contributed by atoms with van der Waals surface area (Å²) in [5.41, 5.74) is 0.873. The zero-order chi connectivity index (χ0) is 14.7. The van der Waals surface area contributed by atoms with E-state index in [1.165, 1.54) is 6.26 Å². The topological polar surface area (TPSA) is 76.4 Å². The van der Waals surface area contributed by atoms with Crippen LogP contribution in [0.2, 0.25) is 0 Å². The van der Waals surface area contributed by atoms with Gasteiger partial charge in [0.15, 0.2) is 5.69 Å². The Kier molecular flexibility index (Phi) is 3.87. The summed E-state index contributed by atoms with van der Waals surface area (Å²) < 4.78 is 10.6. The van der Waals surface area contributed by atoms with E-state index in [0.29, 0.717) is 17.3 Å². The lowest BCUT2D eigenvalue weighted by atomic mass is 10.2. The van der Waals surface area contributed by atoms with Crippen LogP contribution in [0.25, 0.3) is 0 Å².